The van der Waals surface area contributed by atoms with Crippen molar-refractivity contribution in [3.8, 4) is 0 Å². The van der Waals surface area contributed by atoms with Crippen LogP contribution in [0, 0.1) is 5.92 Å². The van der Waals surface area contributed by atoms with Crippen LogP contribution in [0.5, 0.6) is 0 Å². The lowest BCUT2D eigenvalue weighted by atomic mass is 10.1. The molecule has 0 amide bonds. The van der Waals surface area contributed by atoms with Crippen molar-refractivity contribution in [2.24, 2.45) is 5.92 Å². The first-order valence-corrected chi connectivity index (χ1v) is 5.47. The molecule has 13 heavy (non-hydrogen) atoms. The second-order valence-electron chi connectivity index (χ2n) is 4.59. The van der Waals surface area contributed by atoms with Crippen molar-refractivity contribution in [1.82, 2.24) is 5.32 Å². The first-order chi connectivity index (χ1) is 6.09. The van der Waals surface area contributed by atoms with Gasteiger partial charge in [-0.1, -0.05) is 6.92 Å². The Morgan fingerprint density at radius 1 is 1.23 bits per heavy atom. The summed E-state index contributed by atoms with van der Waals surface area (Å²) in [5.74, 6) is 0.614. The van der Waals surface area contributed by atoms with Crippen molar-refractivity contribution in [2.75, 3.05) is 6.61 Å². The van der Waals surface area contributed by atoms with Gasteiger partial charge in [-0.05, 0) is 39.5 Å². The van der Waals surface area contributed by atoms with Gasteiger partial charge in [-0.3, -0.25) is 0 Å². The maximum absolute atomic E-state index is 5.59. The molecule has 1 aliphatic carbocycles. The van der Waals surface area contributed by atoms with Crippen LogP contribution in [-0.2, 0) is 4.74 Å². The molecular weight excluding hydrogens is 162 g/mol. The van der Waals surface area contributed by atoms with Crippen LogP contribution in [0.25, 0.3) is 0 Å². The molecule has 0 saturated heterocycles. The van der Waals surface area contributed by atoms with E-state index < -0.39 is 0 Å². The van der Waals surface area contributed by atoms with E-state index in [-0.39, 0.29) is 0 Å². The summed E-state index contributed by atoms with van der Waals surface area (Å²) in [4.78, 5) is 0. The van der Waals surface area contributed by atoms with E-state index in [0.717, 1.165) is 12.6 Å². The fourth-order valence-corrected chi connectivity index (χ4v) is 1.27. The zero-order valence-electron chi connectivity index (χ0n) is 9.34. The minimum absolute atomic E-state index is 0.357. The smallest absolute Gasteiger partial charge is 0.0519 e. The van der Waals surface area contributed by atoms with E-state index in [4.69, 9.17) is 4.74 Å². The number of hydrogen-bond donors (Lipinski definition) is 1. The second kappa shape index (κ2) is 4.97. The second-order valence-corrected chi connectivity index (χ2v) is 4.59. The van der Waals surface area contributed by atoms with Crippen LogP contribution in [0.15, 0.2) is 0 Å². The third kappa shape index (κ3) is 4.63. The maximum Gasteiger partial charge on any atom is 0.0519 e. The van der Waals surface area contributed by atoms with Gasteiger partial charge in [-0.25, -0.2) is 0 Å². The summed E-state index contributed by atoms with van der Waals surface area (Å²) in [5.41, 5.74) is 0. The summed E-state index contributed by atoms with van der Waals surface area (Å²) in [6.07, 6.45) is 3.08. The van der Waals surface area contributed by atoms with E-state index in [0.29, 0.717) is 18.1 Å². The molecule has 1 rings (SSSR count). The van der Waals surface area contributed by atoms with E-state index in [1.165, 1.54) is 12.8 Å². The molecular formula is C11H23NO. The molecule has 0 aromatic carbocycles. The van der Waals surface area contributed by atoms with Crippen LogP contribution in [0.1, 0.15) is 40.5 Å². The van der Waals surface area contributed by atoms with E-state index in [1.54, 1.807) is 0 Å². The molecule has 0 bridgehead atoms. The fourth-order valence-electron chi connectivity index (χ4n) is 1.27. The van der Waals surface area contributed by atoms with E-state index in [9.17, 15) is 0 Å². The van der Waals surface area contributed by atoms with E-state index >= 15 is 0 Å². The Morgan fingerprint density at radius 3 is 2.31 bits per heavy atom. The Kier molecular flexibility index (Phi) is 4.20. The predicted octanol–water partition coefficient (Wildman–Crippen LogP) is 2.19. The maximum atomic E-state index is 5.59. The van der Waals surface area contributed by atoms with Crippen molar-refractivity contribution >= 4 is 0 Å². The van der Waals surface area contributed by atoms with Crippen LogP contribution in [0.4, 0.5) is 0 Å². The third-order valence-corrected chi connectivity index (χ3v) is 2.62. The van der Waals surface area contributed by atoms with Gasteiger partial charge in [0.25, 0.3) is 0 Å². The van der Waals surface area contributed by atoms with Gasteiger partial charge in [-0.15, -0.1) is 0 Å². The van der Waals surface area contributed by atoms with Gasteiger partial charge in [0.15, 0.2) is 0 Å². The highest BCUT2D eigenvalue weighted by Crippen LogP contribution is 2.20. The summed E-state index contributed by atoms with van der Waals surface area (Å²) in [5, 5.41) is 3.60. The molecule has 0 aliphatic heterocycles. The zero-order chi connectivity index (χ0) is 9.84. The predicted molar refractivity (Wildman–Crippen MR) is 55.9 cm³/mol. The molecule has 0 radical (unpaired) electrons. The molecule has 0 aromatic rings. The van der Waals surface area contributed by atoms with Crippen molar-refractivity contribution in [2.45, 2.75) is 58.7 Å². The topological polar surface area (TPSA) is 21.3 Å². The molecule has 78 valence electrons. The molecule has 2 unspecified atom stereocenters. The van der Waals surface area contributed by atoms with Crippen LogP contribution >= 0.6 is 0 Å². The van der Waals surface area contributed by atoms with Crippen LogP contribution in [-0.4, -0.2) is 24.8 Å². The summed E-state index contributed by atoms with van der Waals surface area (Å²) in [6, 6.07) is 1.39. The van der Waals surface area contributed by atoms with Crippen LogP contribution < -0.4 is 5.32 Å². The van der Waals surface area contributed by atoms with E-state index in [1.807, 2.05) is 0 Å². The standard InChI is InChI=1S/C11H23NO/c1-8(2)13-7-9(3)10(4)12-11-5-6-11/h8-12H,5-7H2,1-4H3. The van der Waals surface area contributed by atoms with Crippen molar-refractivity contribution < 1.29 is 4.74 Å². The zero-order valence-corrected chi connectivity index (χ0v) is 9.34. The fraction of sp³-hybridized carbons (Fsp3) is 1.00. The van der Waals surface area contributed by atoms with Gasteiger partial charge < -0.3 is 10.1 Å². The van der Waals surface area contributed by atoms with Crippen molar-refractivity contribution in [3.05, 3.63) is 0 Å². The molecule has 2 nitrogen and oxygen atoms in total. The Balaban J connectivity index is 2.08. The molecule has 1 aliphatic rings. The van der Waals surface area contributed by atoms with Crippen molar-refractivity contribution in [3.63, 3.8) is 0 Å². The Labute approximate surface area is 82.0 Å². The van der Waals surface area contributed by atoms with Crippen LogP contribution in [0.3, 0.4) is 0 Å². The lowest BCUT2D eigenvalue weighted by molar-refractivity contribution is 0.0471. The van der Waals surface area contributed by atoms with Gasteiger partial charge >= 0.3 is 0 Å². The van der Waals surface area contributed by atoms with E-state index in [2.05, 4.69) is 33.0 Å². The lowest BCUT2D eigenvalue weighted by Gasteiger charge is -2.22. The SMILES string of the molecule is CC(C)OCC(C)C(C)NC1CC1. The highest BCUT2D eigenvalue weighted by molar-refractivity contribution is 4.84. The molecule has 0 aromatic heterocycles. The molecule has 2 heteroatoms. The molecule has 1 saturated carbocycles. The number of rotatable bonds is 6. The monoisotopic (exact) mass is 185 g/mol. The highest BCUT2D eigenvalue weighted by atomic mass is 16.5. The molecule has 2 atom stereocenters. The third-order valence-electron chi connectivity index (χ3n) is 2.62. The van der Waals surface area contributed by atoms with Gasteiger partial charge in [0.2, 0.25) is 0 Å². The van der Waals surface area contributed by atoms with Gasteiger partial charge in [0.1, 0.15) is 0 Å². The average molecular weight is 185 g/mol. The Morgan fingerprint density at radius 2 is 1.85 bits per heavy atom. The summed E-state index contributed by atoms with van der Waals surface area (Å²) in [6.45, 7) is 9.56. The van der Waals surface area contributed by atoms with Gasteiger partial charge in [-0.2, -0.15) is 0 Å². The lowest BCUT2D eigenvalue weighted by Crippen LogP contribution is -2.36. The molecule has 0 spiro atoms. The molecule has 1 fully saturated rings. The minimum atomic E-state index is 0.357. The first-order valence-electron chi connectivity index (χ1n) is 5.47. The number of ether oxygens (including phenoxy) is 1. The first kappa shape index (κ1) is 11.0. The van der Waals surface area contributed by atoms with Gasteiger partial charge in [0.05, 0.1) is 12.7 Å². The highest BCUT2D eigenvalue weighted by Gasteiger charge is 2.24. The minimum Gasteiger partial charge on any atom is -0.378 e. The van der Waals surface area contributed by atoms with Crippen molar-refractivity contribution in [1.29, 1.82) is 0 Å². The quantitative estimate of drug-likeness (QED) is 0.685. The van der Waals surface area contributed by atoms with Crippen LogP contribution in [0.2, 0.25) is 0 Å². The Bertz CT molecular complexity index is 143. The largest absolute Gasteiger partial charge is 0.378 e. The summed E-state index contributed by atoms with van der Waals surface area (Å²) in [7, 11) is 0. The average Bonchev–Trinajstić information content (AvgIpc) is 2.83. The molecule has 0 heterocycles. The summed E-state index contributed by atoms with van der Waals surface area (Å²) >= 11 is 0. The van der Waals surface area contributed by atoms with Gasteiger partial charge in [0, 0.05) is 12.1 Å². The normalized spacial score (nSPS) is 21.9. The molecule has 1 N–H and O–H groups in total. The number of hydrogen-bond acceptors (Lipinski definition) is 2. The summed E-state index contributed by atoms with van der Waals surface area (Å²) < 4.78 is 5.59. The Hall–Kier alpha value is -0.0800. The number of nitrogens with one attached hydrogen (secondary N) is 1.